The van der Waals surface area contributed by atoms with E-state index in [2.05, 4.69) is 24.5 Å². The first kappa shape index (κ1) is 19.3. The second-order valence-corrected chi connectivity index (χ2v) is 6.92. The lowest BCUT2D eigenvalue weighted by Gasteiger charge is -2.14. The number of carbonyl (C=O) groups is 1. The van der Waals surface area contributed by atoms with Crippen molar-refractivity contribution in [3.8, 4) is 5.75 Å². The van der Waals surface area contributed by atoms with E-state index in [0.717, 1.165) is 23.4 Å². The Labute approximate surface area is 154 Å². The van der Waals surface area contributed by atoms with Crippen molar-refractivity contribution in [2.24, 2.45) is 5.92 Å². The number of ether oxygens (including phenoxy) is 1. The molecule has 0 aliphatic heterocycles. The molecule has 0 atom stereocenters. The van der Waals surface area contributed by atoms with Gasteiger partial charge in [-0.25, -0.2) is 0 Å². The largest absolute Gasteiger partial charge is 0.483 e. The van der Waals surface area contributed by atoms with Crippen LogP contribution in [0.25, 0.3) is 0 Å². The third kappa shape index (κ3) is 6.77. The molecular formula is C20H25ClN2O2. The summed E-state index contributed by atoms with van der Waals surface area (Å²) in [6.07, 6.45) is 0. The van der Waals surface area contributed by atoms with Gasteiger partial charge in [0.25, 0.3) is 5.91 Å². The smallest absolute Gasteiger partial charge is 0.262 e. The van der Waals surface area contributed by atoms with Gasteiger partial charge in [-0.1, -0.05) is 43.1 Å². The number of nitrogens with one attached hydrogen (secondary N) is 2. The number of anilines is 1. The second kappa shape index (κ2) is 9.44. The van der Waals surface area contributed by atoms with Gasteiger partial charge in [0.05, 0.1) is 0 Å². The van der Waals surface area contributed by atoms with Gasteiger partial charge >= 0.3 is 0 Å². The third-order valence-electron chi connectivity index (χ3n) is 3.58. The Morgan fingerprint density at radius 3 is 2.56 bits per heavy atom. The lowest BCUT2D eigenvalue weighted by molar-refractivity contribution is -0.118. The van der Waals surface area contributed by atoms with Crippen LogP contribution < -0.4 is 15.4 Å². The molecule has 0 aliphatic carbocycles. The molecular weight excluding hydrogens is 336 g/mol. The second-order valence-electron chi connectivity index (χ2n) is 6.48. The lowest BCUT2D eigenvalue weighted by atomic mass is 10.2. The summed E-state index contributed by atoms with van der Waals surface area (Å²) in [5.74, 6) is 1.03. The van der Waals surface area contributed by atoms with Crippen LogP contribution in [-0.4, -0.2) is 19.1 Å². The van der Waals surface area contributed by atoms with E-state index in [1.807, 2.05) is 37.3 Å². The van der Waals surface area contributed by atoms with Gasteiger partial charge in [0.15, 0.2) is 6.61 Å². The summed E-state index contributed by atoms with van der Waals surface area (Å²) in [7, 11) is 0. The van der Waals surface area contributed by atoms with Crippen molar-refractivity contribution in [2.75, 3.05) is 18.5 Å². The number of hydrogen-bond donors (Lipinski definition) is 2. The fraction of sp³-hybridized carbons (Fsp3) is 0.350. The molecule has 25 heavy (non-hydrogen) atoms. The summed E-state index contributed by atoms with van der Waals surface area (Å²) in [6, 6.07) is 13.1. The van der Waals surface area contributed by atoms with Crippen molar-refractivity contribution in [3.05, 3.63) is 58.6 Å². The van der Waals surface area contributed by atoms with Gasteiger partial charge in [-0.05, 0) is 49.7 Å². The Hall–Kier alpha value is -2.04. The standard InChI is InChI=1S/C20H25ClN2O2/c1-14(2)11-22-12-16-10-17(21)6-9-19(16)25-13-20(24)23-18-7-4-15(3)5-8-18/h4-10,14,22H,11-13H2,1-3H3,(H,23,24). The summed E-state index contributed by atoms with van der Waals surface area (Å²) in [6.45, 7) is 7.81. The monoisotopic (exact) mass is 360 g/mol. The zero-order chi connectivity index (χ0) is 18.2. The van der Waals surface area contributed by atoms with Crippen LogP contribution in [0.3, 0.4) is 0 Å². The molecule has 0 saturated heterocycles. The van der Waals surface area contributed by atoms with Crippen LogP contribution in [0, 0.1) is 12.8 Å². The van der Waals surface area contributed by atoms with Crippen LogP contribution >= 0.6 is 11.6 Å². The molecule has 2 aromatic rings. The van der Waals surface area contributed by atoms with E-state index in [-0.39, 0.29) is 12.5 Å². The number of aryl methyl sites for hydroxylation is 1. The van der Waals surface area contributed by atoms with Gasteiger partial charge in [-0.15, -0.1) is 0 Å². The van der Waals surface area contributed by atoms with Crippen LogP contribution in [-0.2, 0) is 11.3 Å². The predicted molar refractivity (Wildman–Crippen MR) is 103 cm³/mol. The number of halogens is 1. The molecule has 1 amide bonds. The Bertz CT molecular complexity index is 699. The van der Waals surface area contributed by atoms with Crippen molar-refractivity contribution in [1.29, 1.82) is 0 Å². The molecule has 0 heterocycles. The minimum atomic E-state index is -0.195. The molecule has 0 spiro atoms. The number of benzene rings is 2. The van der Waals surface area contributed by atoms with Gasteiger partial charge in [0, 0.05) is 22.8 Å². The van der Waals surface area contributed by atoms with E-state index in [9.17, 15) is 4.79 Å². The lowest BCUT2D eigenvalue weighted by Crippen LogP contribution is -2.22. The molecule has 0 fully saturated rings. The first-order valence-electron chi connectivity index (χ1n) is 8.42. The number of rotatable bonds is 8. The van der Waals surface area contributed by atoms with Gasteiger partial charge in [-0.2, -0.15) is 0 Å². The number of carbonyl (C=O) groups excluding carboxylic acids is 1. The SMILES string of the molecule is Cc1ccc(NC(=O)COc2ccc(Cl)cc2CNCC(C)C)cc1. The quantitative estimate of drug-likeness (QED) is 0.733. The fourth-order valence-corrected chi connectivity index (χ4v) is 2.49. The van der Waals surface area contributed by atoms with Crippen LogP contribution in [0.2, 0.25) is 5.02 Å². The Morgan fingerprint density at radius 1 is 1.16 bits per heavy atom. The van der Waals surface area contributed by atoms with Crippen LogP contribution in [0.4, 0.5) is 5.69 Å². The fourth-order valence-electron chi connectivity index (χ4n) is 2.30. The maximum atomic E-state index is 12.1. The van der Waals surface area contributed by atoms with Crippen molar-refractivity contribution in [3.63, 3.8) is 0 Å². The highest BCUT2D eigenvalue weighted by Gasteiger charge is 2.09. The average molecular weight is 361 g/mol. The molecule has 5 heteroatoms. The molecule has 134 valence electrons. The Kier molecular flexibility index (Phi) is 7.29. The van der Waals surface area contributed by atoms with Crippen molar-refractivity contribution in [2.45, 2.75) is 27.3 Å². The third-order valence-corrected chi connectivity index (χ3v) is 3.82. The zero-order valence-electron chi connectivity index (χ0n) is 14.9. The van der Waals surface area contributed by atoms with Crippen LogP contribution in [0.15, 0.2) is 42.5 Å². The molecule has 2 rings (SSSR count). The summed E-state index contributed by atoms with van der Waals surface area (Å²) in [4.78, 5) is 12.1. The molecule has 0 aliphatic rings. The number of hydrogen-bond acceptors (Lipinski definition) is 3. The highest BCUT2D eigenvalue weighted by molar-refractivity contribution is 6.30. The van der Waals surface area contributed by atoms with E-state index in [1.165, 1.54) is 0 Å². The summed E-state index contributed by atoms with van der Waals surface area (Å²) >= 11 is 6.08. The topological polar surface area (TPSA) is 50.4 Å². The average Bonchev–Trinajstić information content (AvgIpc) is 2.56. The maximum absolute atomic E-state index is 12.1. The first-order valence-corrected chi connectivity index (χ1v) is 8.80. The summed E-state index contributed by atoms with van der Waals surface area (Å²) < 4.78 is 5.70. The van der Waals surface area contributed by atoms with E-state index in [4.69, 9.17) is 16.3 Å². The van der Waals surface area contributed by atoms with E-state index >= 15 is 0 Å². The summed E-state index contributed by atoms with van der Waals surface area (Å²) in [5.41, 5.74) is 2.85. The van der Waals surface area contributed by atoms with Gasteiger partial charge in [0.1, 0.15) is 5.75 Å². The Morgan fingerprint density at radius 2 is 1.88 bits per heavy atom. The first-order chi connectivity index (χ1) is 11.9. The molecule has 0 radical (unpaired) electrons. The highest BCUT2D eigenvalue weighted by atomic mass is 35.5. The molecule has 4 nitrogen and oxygen atoms in total. The van der Waals surface area contributed by atoms with E-state index in [1.54, 1.807) is 12.1 Å². The molecule has 0 unspecified atom stereocenters. The van der Waals surface area contributed by atoms with Crippen molar-refractivity contribution >= 4 is 23.2 Å². The number of amides is 1. The van der Waals surface area contributed by atoms with Crippen LogP contribution in [0.1, 0.15) is 25.0 Å². The molecule has 2 N–H and O–H groups in total. The minimum absolute atomic E-state index is 0.0489. The normalized spacial score (nSPS) is 10.8. The van der Waals surface area contributed by atoms with Crippen LogP contribution in [0.5, 0.6) is 5.75 Å². The molecule has 0 aromatic heterocycles. The van der Waals surface area contributed by atoms with Gasteiger partial charge < -0.3 is 15.4 Å². The maximum Gasteiger partial charge on any atom is 0.262 e. The molecule has 2 aromatic carbocycles. The predicted octanol–water partition coefficient (Wildman–Crippen LogP) is 4.41. The minimum Gasteiger partial charge on any atom is -0.483 e. The van der Waals surface area contributed by atoms with E-state index in [0.29, 0.717) is 23.2 Å². The van der Waals surface area contributed by atoms with Crippen molar-refractivity contribution in [1.82, 2.24) is 5.32 Å². The van der Waals surface area contributed by atoms with E-state index < -0.39 is 0 Å². The summed E-state index contributed by atoms with van der Waals surface area (Å²) in [5, 5.41) is 6.84. The van der Waals surface area contributed by atoms with Crippen molar-refractivity contribution < 1.29 is 9.53 Å². The Balaban J connectivity index is 1.92. The molecule has 0 saturated carbocycles. The van der Waals surface area contributed by atoms with Gasteiger partial charge in [-0.3, -0.25) is 4.79 Å². The van der Waals surface area contributed by atoms with Gasteiger partial charge in [0.2, 0.25) is 0 Å². The molecule has 0 bridgehead atoms. The highest BCUT2D eigenvalue weighted by Crippen LogP contribution is 2.23. The zero-order valence-corrected chi connectivity index (χ0v) is 15.7.